The van der Waals surface area contributed by atoms with Crippen LogP contribution in [0.15, 0.2) is 85.3 Å². The third kappa shape index (κ3) is 11.5. The molecule has 0 unspecified atom stereocenters. The van der Waals surface area contributed by atoms with Gasteiger partial charge in [-0.05, 0) is 41.2 Å². The zero-order valence-corrected chi connectivity index (χ0v) is 28.1. The fraction of sp³-hybridized carbons (Fsp3) is 0.378. The summed E-state index contributed by atoms with van der Waals surface area (Å²) >= 11 is 0. The second-order valence-corrected chi connectivity index (χ2v) is 12.2. The predicted molar refractivity (Wildman–Crippen MR) is 184 cm³/mol. The Labute approximate surface area is 286 Å². The molecule has 49 heavy (non-hydrogen) atoms. The van der Waals surface area contributed by atoms with E-state index in [-0.39, 0.29) is 38.4 Å². The first-order valence-corrected chi connectivity index (χ1v) is 16.5. The number of carbonyl (C=O) groups is 4. The number of rotatable bonds is 17. The molecule has 0 bridgehead atoms. The maximum absolute atomic E-state index is 14.1. The van der Waals surface area contributed by atoms with Gasteiger partial charge in [0.1, 0.15) is 18.7 Å². The molecule has 0 aliphatic carbocycles. The summed E-state index contributed by atoms with van der Waals surface area (Å²) in [6.45, 7) is 5.70. The van der Waals surface area contributed by atoms with Gasteiger partial charge in [-0.25, -0.2) is 9.78 Å². The lowest BCUT2D eigenvalue weighted by molar-refractivity contribution is -0.146. The highest BCUT2D eigenvalue weighted by atomic mass is 16.5. The predicted octanol–water partition coefficient (Wildman–Crippen LogP) is 3.97. The van der Waals surface area contributed by atoms with E-state index in [9.17, 15) is 24.3 Å². The van der Waals surface area contributed by atoms with Crippen molar-refractivity contribution in [2.75, 3.05) is 6.61 Å². The lowest BCUT2D eigenvalue weighted by Gasteiger charge is -2.28. The van der Waals surface area contributed by atoms with Crippen molar-refractivity contribution < 1.29 is 33.8 Å². The van der Waals surface area contributed by atoms with Gasteiger partial charge in [-0.2, -0.15) is 0 Å². The molecular weight excluding hydrogens is 626 g/mol. The van der Waals surface area contributed by atoms with Crippen LogP contribution >= 0.6 is 0 Å². The lowest BCUT2D eigenvalue weighted by atomic mass is 9.96. The smallest absolute Gasteiger partial charge is 0.408 e. The number of carbonyl (C=O) groups excluding carboxylic acids is 4. The van der Waals surface area contributed by atoms with Gasteiger partial charge in [0, 0.05) is 19.0 Å². The number of esters is 1. The quantitative estimate of drug-likeness (QED) is 0.105. The number of hydrogen-bond donors (Lipinski definition) is 5. The largest absolute Gasteiger partial charge is 0.466 e. The molecule has 0 saturated carbocycles. The van der Waals surface area contributed by atoms with Crippen molar-refractivity contribution in [1.29, 1.82) is 0 Å². The highest BCUT2D eigenvalue weighted by Gasteiger charge is 2.32. The lowest BCUT2D eigenvalue weighted by Crippen LogP contribution is -2.57. The Bertz CT molecular complexity index is 1660. The average molecular weight is 672 g/mol. The van der Waals surface area contributed by atoms with Gasteiger partial charge in [0.15, 0.2) is 0 Å². The normalized spacial score (nSPS) is 13.6. The number of benzene rings is 3. The van der Waals surface area contributed by atoms with E-state index in [0.29, 0.717) is 12.1 Å². The molecule has 260 valence electrons. The molecule has 3 aromatic carbocycles. The fourth-order valence-corrected chi connectivity index (χ4v) is 5.54. The van der Waals surface area contributed by atoms with Gasteiger partial charge in [-0.1, -0.05) is 86.6 Å². The van der Waals surface area contributed by atoms with Gasteiger partial charge in [0.05, 0.1) is 37.2 Å². The minimum atomic E-state index is -1.22. The number of nitrogens with zero attached hydrogens (tertiary/aromatic N) is 1. The highest BCUT2D eigenvalue weighted by molar-refractivity contribution is 5.93. The van der Waals surface area contributed by atoms with Gasteiger partial charge < -0.3 is 35.5 Å². The van der Waals surface area contributed by atoms with Crippen molar-refractivity contribution >= 4 is 34.6 Å². The molecule has 4 aromatic rings. The van der Waals surface area contributed by atoms with E-state index in [4.69, 9.17) is 9.47 Å². The number of aliphatic hydroxyl groups is 1. The zero-order valence-electron chi connectivity index (χ0n) is 28.1. The second kappa shape index (κ2) is 18.3. The number of fused-ring (bicyclic) bond motifs is 1. The molecule has 0 spiro atoms. The molecular formula is C37H45N5O7. The summed E-state index contributed by atoms with van der Waals surface area (Å²) in [4.78, 5) is 60.2. The Balaban J connectivity index is 1.57. The summed E-state index contributed by atoms with van der Waals surface area (Å²) in [5, 5.41) is 21.2. The standard InChI is InChI=1S/C37H45N5O7/c1-4-48-34(44)20-33(43)30(17-24(2)3)40-36(46)32(19-28-21-38-23-39-28)41-35(45)31(42-37(47)49-22-25-11-6-5-7-12-25)18-27-15-10-14-26-13-8-9-16-29(26)27/h5-16,21,23-24,30-33,43H,4,17-20,22H2,1-3H3,(H,38,39)(H,40,46)(H,41,45)(H,42,47)/t30-,31-,32+,33-/m0/s1. The van der Waals surface area contributed by atoms with Gasteiger partial charge in [-0.3, -0.25) is 14.4 Å². The van der Waals surface area contributed by atoms with E-state index < -0.39 is 48.1 Å². The number of amides is 3. The Morgan fingerprint density at radius 1 is 0.837 bits per heavy atom. The minimum Gasteiger partial charge on any atom is -0.466 e. The molecule has 4 rings (SSSR count). The van der Waals surface area contributed by atoms with Gasteiger partial charge in [0.25, 0.3) is 0 Å². The van der Waals surface area contributed by atoms with E-state index in [2.05, 4.69) is 25.9 Å². The number of aliphatic hydroxyl groups excluding tert-OH is 1. The van der Waals surface area contributed by atoms with Crippen LogP contribution in [0.4, 0.5) is 4.79 Å². The van der Waals surface area contributed by atoms with Crippen LogP contribution < -0.4 is 16.0 Å². The summed E-state index contributed by atoms with van der Waals surface area (Å²) in [7, 11) is 0. The SMILES string of the molecule is CCOC(=O)C[C@H](O)[C@H](CC(C)C)NC(=O)[C@@H](Cc1c[nH]cn1)NC(=O)[C@H](Cc1cccc2ccccc12)NC(=O)OCc1ccccc1. The highest BCUT2D eigenvalue weighted by Crippen LogP contribution is 2.20. The number of alkyl carbamates (subject to hydrolysis) is 1. The van der Waals surface area contributed by atoms with Crippen LogP contribution in [-0.4, -0.2) is 69.8 Å². The Kier molecular flexibility index (Phi) is 13.7. The van der Waals surface area contributed by atoms with Gasteiger partial charge in [0.2, 0.25) is 11.8 Å². The molecule has 1 aromatic heterocycles. The molecule has 0 aliphatic heterocycles. The van der Waals surface area contributed by atoms with E-state index in [1.807, 2.05) is 86.6 Å². The van der Waals surface area contributed by atoms with Crippen LogP contribution in [-0.2, 0) is 43.3 Å². The third-order valence-corrected chi connectivity index (χ3v) is 7.92. The summed E-state index contributed by atoms with van der Waals surface area (Å²) in [6, 6.07) is 19.6. The van der Waals surface area contributed by atoms with Crippen LogP contribution in [0.1, 0.15) is 50.4 Å². The number of hydrogen-bond acceptors (Lipinski definition) is 8. The minimum absolute atomic E-state index is 0.00480. The first-order valence-electron chi connectivity index (χ1n) is 16.5. The third-order valence-electron chi connectivity index (χ3n) is 7.92. The van der Waals surface area contributed by atoms with Crippen LogP contribution in [0.5, 0.6) is 0 Å². The maximum Gasteiger partial charge on any atom is 0.408 e. The van der Waals surface area contributed by atoms with E-state index in [1.165, 1.54) is 6.33 Å². The molecule has 0 fully saturated rings. The van der Waals surface area contributed by atoms with E-state index in [1.54, 1.807) is 13.1 Å². The van der Waals surface area contributed by atoms with Crippen molar-refractivity contribution in [2.45, 2.75) is 77.3 Å². The monoisotopic (exact) mass is 671 g/mol. The molecule has 3 amide bonds. The Hall–Kier alpha value is -5.23. The molecule has 12 nitrogen and oxygen atoms in total. The molecule has 4 atom stereocenters. The fourth-order valence-electron chi connectivity index (χ4n) is 5.54. The number of ether oxygens (including phenoxy) is 2. The number of nitrogens with one attached hydrogen (secondary N) is 4. The molecule has 5 N–H and O–H groups in total. The second-order valence-electron chi connectivity index (χ2n) is 12.2. The van der Waals surface area contributed by atoms with Crippen LogP contribution in [0.2, 0.25) is 0 Å². The van der Waals surface area contributed by atoms with Crippen LogP contribution in [0.3, 0.4) is 0 Å². The average Bonchev–Trinajstić information content (AvgIpc) is 3.60. The molecule has 0 radical (unpaired) electrons. The summed E-state index contributed by atoms with van der Waals surface area (Å²) in [5.74, 6) is -1.72. The van der Waals surface area contributed by atoms with Crippen molar-refractivity contribution in [3.8, 4) is 0 Å². The number of aromatic nitrogens is 2. The molecule has 12 heteroatoms. The maximum atomic E-state index is 14.1. The zero-order chi connectivity index (χ0) is 35.2. The van der Waals surface area contributed by atoms with Crippen LogP contribution in [0, 0.1) is 5.92 Å². The van der Waals surface area contributed by atoms with Crippen molar-refractivity contribution in [1.82, 2.24) is 25.9 Å². The van der Waals surface area contributed by atoms with E-state index >= 15 is 0 Å². The van der Waals surface area contributed by atoms with Gasteiger partial charge in [-0.15, -0.1) is 0 Å². The first-order chi connectivity index (χ1) is 23.6. The van der Waals surface area contributed by atoms with Crippen molar-refractivity contribution in [3.63, 3.8) is 0 Å². The van der Waals surface area contributed by atoms with Crippen molar-refractivity contribution in [3.05, 3.63) is 102 Å². The summed E-state index contributed by atoms with van der Waals surface area (Å²) in [6.07, 6.45) is 1.26. The number of imidazole rings is 1. The van der Waals surface area contributed by atoms with Crippen LogP contribution in [0.25, 0.3) is 10.8 Å². The number of aromatic amines is 1. The topological polar surface area (TPSA) is 172 Å². The number of H-pyrrole nitrogens is 1. The van der Waals surface area contributed by atoms with Gasteiger partial charge >= 0.3 is 12.1 Å². The first kappa shape index (κ1) is 36.6. The Morgan fingerprint density at radius 3 is 2.24 bits per heavy atom. The Morgan fingerprint density at radius 2 is 1.53 bits per heavy atom. The molecule has 1 heterocycles. The summed E-state index contributed by atoms with van der Waals surface area (Å²) < 4.78 is 10.4. The van der Waals surface area contributed by atoms with E-state index in [0.717, 1.165) is 21.9 Å². The summed E-state index contributed by atoms with van der Waals surface area (Å²) in [5.41, 5.74) is 2.10. The van der Waals surface area contributed by atoms with Crippen molar-refractivity contribution in [2.24, 2.45) is 5.92 Å². The molecule has 0 aliphatic rings. The molecule has 0 saturated heterocycles.